The summed E-state index contributed by atoms with van der Waals surface area (Å²) in [6, 6.07) is 22.7. The molecule has 5 nitrogen and oxygen atoms in total. The molecule has 0 saturated carbocycles. The first-order valence-electron chi connectivity index (χ1n) is 9.01. The van der Waals surface area contributed by atoms with Crippen molar-refractivity contribution in [2.45, 2.75) is 9.79 Å². The molecule has 1 heterocycles. The van der Waals surface area contributed by atoms with Crippen molar-refractivity contribution >= 4 is 53.0 Å². The second-order valence-electron chi connectivity index (χ2n) is 6.42. The van der Waals surface area contributed by atoms with E-state index in [1.54, 1.807) is 42.1 Å². The summed E-state index contributed by atoms with van der Waals surface area (Å²) in [6.07, 6.45) is 1.48. The standard InChI is InChI=1S/C23H15ClN2O3S/c24-16-8-12-19(13-9-16)30-18-10-6-15(7-11-18)14-20-21(27)25-23(29)26(22(20)28)17-4-2-1-3-5-17/h1-14H,(H,25,27,29). The molecule has 0 bridgehead atoms. The predicted octanol–water partition coefficient (Wildman–Crippen LogP) is 5.16. The first kappa shape index (κ1) is 19.9. The van der Waals surface area contributed by atoms with Gasteiger partial charge in [-0.25, -0.2) is 9.69 Å². The van der Waals surface area contributed by atoms with Crippen molar-refractivity contribution < 1.29 is 14.4 Å². The van der Waals surface area contributed by atoms with Gasteiger partial charge in [0.25, 0.3) is 11.8 Å². The third-order valence-corrected chi connectivity index (χ3v) is 5.62. The Labute approximate surface area is 182 Å². The number of halogens is 1. The number of para-hydroxylation sites is 1. The Morgan fingerprint density at radius 2 is 1.40 bits per heavy atom. The monoisotopic (exact) mass is 434 g/mol. The molecule has 1 fully saturated rings. The van der Waals surface area contributed by atoms with Gasteiger partial charge >= 0.3 is 6.03 Å². The highest BCUT2D eigenvalue weighted by atomic mass is 35.5. The number of nitrogens with zero attached hydrogens (tertiary/aromatic N) is 1. The van der Waals surface area contributed by atoms with E-state index >= 15 is 0 Å². The van der Waals surface area contributed by atoms with Crippen molar-refractivity contribution in [1.82, 2.24) is 5.32 Å². The fourth-order valence-electron chi connectivity index (χ4n) is 2.91. The van der Waals surface area contributed by atoms with Gasteiger partial charge in [0.1, 0.15) is 5.57 Å². The minimum Gasteiger partial charge on any atom is -0.273 e. The molecule has 0 aromatic heterocycles. The minimum atomic E-state index is -0.761. The summed E-state index contributed by atoms with van der Waals surface area (Å²) in [7, 11) is 0. The number of barbiturate groups is 1. The van der Waals surface area contributed by atoms with Crippen molar-refractivity contribution in [1.29, 1.82) is 0 Å². The van der Waals surface area contributed by atoms with E-state index in [0.29, 0.717) is 16.3 Å². The summed E-state index contributed by atoms with van der Waals surface area (Å²) < 4.78 is 0. The van der Waals surface area contributed by atoms with Crippen LogP contribution in [0.25, 0.3) is 6.08 Å². The van der Waals surface area contributed by atoms with Gasteiger partial charge in [-0.3, -0.25) is 14.9 Å². The summed E-state index contributed by atoms with van der Waals surface area (Å²) in [5, 5.41) is 2.90. The molecule has 0 atom stereocenters. The molecule has 148 valence electrons. The van der Waals surface area contributed by atoms with Crippen LogP contribution in [0.4, 0.5) is 10.5 Å². The Bertz CT molecular complexity index is 1140. The summed E-state index contributed by atoms with van der Waals surface area (Å²) in [4.78, 5) is 40.3. The van der Waals surface area contributed by atoms with Crippen LogP contribution < -0.4 is 10.2 Å². The zero-order chi connectivity index (χ0) is 21.1. The molecule has 1 saturated heterocycles. The molecule has 3 aromatic carbocycles. The fourth-order valence-corrected chi connectivity index (χ4v) is 3.85. The highest BCUT2D eigenvalue weighted by molar-refractivity contribution is 7.99. The average molecular weight is 435 g/mol. The number of amides is 4. The van der Waals surface area contributed by atoms with Crippen LogP contribution in [-0.4, -0.2) is 17.8 Å². The van der Waals surface area contributed by atoms with Gasteiger partial charge in [-0.15, -0.1) is 0 Å². The number of nitrogens with one attached hydrogen (secondary N) is 1. The number of benzene rings is 3. The topological polar surface area (TPSA) is 66.5 Å². The molecule has 3 aromatic rings. The van der Waals surface area contributed by atoms with E-state index < -0.39 is 17.8 Å². The van der Waals surface area contributed by atoms with Crippen LogP contribution in [0.2, 0.25) is 5.02 Å². The third-order valence-electron chi connectivity index (χ3n) is 4.36. The van der Waals surface area contributed by atoms with E-state index in [-0.39, 0.29) is 5.57 Å². The van der Waals surface area contributed by atoms with E-state index in [9.17, 15) is 14.4 Å². The lowest BCUT2D eigenvalue weighted by Crippen LogP contribution is -2.54. The van der Waals surface area contributed by atoms with Gasteiger partial charge in [-0.05, 0) is 60.2 Å². The number of carbonyl (C=O) groups is 3. The van der Waals surface area contributed by atoms with Gasteiger partial charge in [-0.2, -0.15) is 0 Å². The maximum absolute atomic E-state index is 12.8. The van der Waals surface area contributed by atoms with E-state index in [2.05, 4.69) is 5.32 Å². The van der Waals surface area contributed by atoms with Gasteiger partial charge < -0.3 is 0 Å². The number of urea groups is 1. The molecular weight excluding hydrogens is 420 g/mol. The largest absolute Gasteiger partial charge is 0.335 e. The van der Waals surface area contributed by atoms with Crippen LogP contribution in [0.15, 0.2) is 94.2 Å². The van der Waals surface area contributed by atoms with Crippen LogP contribution in [0.3, 0.4) is 0 Å². The maximum atomic E-state index is 12.8. The maximum Gasteiger partial charge on any atom is 0.335 e. The number of imide groups is 2. The molecule has 0 unspecified atom stereocenters. The molecule has 0 spiro atoms. The van der Waals surface area contributed by atoms with E-state index in [0.717, 1.165) is 14.7 Å². The number of anilines is 1. The van der Waals surface area contributed by atoms with Crippen LogP contribution >= 0.6 is 23.4 Å². The van der Waals surface area contributed by atoms with Gasteiger partial charge in [-0.1, -0.05) is 53.7 Å². The number of hydrogen-bond donors (Lipinski definition) is 1. The zero-order valence-corrected chi connectivity index (χ0v) is 17.1. The summed E-state index contributed by atoms with van der Waals surface area (Å²) in [6.45, 7) is 0. The average Bonchev–Trinajstić information content (AvgIpc) is 2.74. The minimum absolute atomic E-state index is 0.100. The second kappa shape index (κ2) is 8.57. The SMILES string of the molecule is O=C1NC(=O)N(c2ccccc2)C(=O)C1=Cc1ccc(Sc2ccc(Cl)cc2)cc1. The zero-order valence-electron chi connectivity index (χ0n) is 15.5. The lowest BCUT2D eigenvalue weighted by Gasteiger charge is -2.26. The van der Waals surface area contributed by atoms with Gasteiger partial charge in [0.2, 0.25) is 0 Å². The van der Waals surface area contributed by atoms with Gasteiger partial charge in [0, 0.05) is 14.8 Å². The highest BCUT2D eigenvalue weighted by Crippen LogP contribution is 2.29. The first-order valence-corrected chi connectivity index (χ1v) is 10.2. The molecule has 4 rings (SSSR count). The summed E-state index contributed by atoms with van der Waals surface area (Å²) >= 11 is 7.48. The van der Waals surface area contributed by atoms with Crippen molar-refractivity contribution in [2.24, 2.45) is 0 Å². The van der Waals surface area contributed by atoms with E-state index in [1.807, 2.05) is 48.5 Å². The number of carbonyl (C=O) groups excluding carboxylic acids is 3. The van der Waals surface area contributed by atoms with Crippen molar-refractivity contribution in [3.05, 3.63) is 95.0 Å². The van der Waals surface area contributed by atoms with Crippen LogP contribution in [-0.2, 0) is 9.59 Å². The molecule has 1 N–H and O–H groups in total. The first-order chi connectivity index (χ1) is 14.5. The second-order valence-corrected chi connectivity index (χ2v) is 8.00. The lowest BCUT2D eigenvalue weighted by atomic mass is 10.1. The van der Waals surface area contributed by atoms with Crippen molar-refractivity contribution in [3.63, 3.8) is 0 Å². The molecule has 1 aliphatic rings. The Morgan fingerprint density at radius 1 is 0.800 bits per heavy atom. The Kier molecular flexibility index (Phi) is 5.70. The normalized spacial score (nSPS) is 15.4. The van der Waals surface area contributed by atoms with E-state index in [4.69, 9.17) is 11.6 Å². The molecule has 4 amide bonds. The van der Waals surface area contributed by atoms with Crippen LogP contribution in [0.1, 0.15) is 5.56 Å². The molecular formula is C23H15ClN2O3S. The third kappa shape index (κ3) is 4.30. The lowest BCUT2D eigenvalue weighted by molar-refractivity contribution is -0.122. The predicted molar refractivity (Wildman–Crippen MR) is 117 cm³/mol. The summed E-state index contributed by atoms with van der Waals surface area (Å²) in [5.41, 5.74) is 0.973. The van der Waals surface area contributed by atoms with Crippen molar-refractivity contribution in [2.75, 3.05) is 4.90 Å². The smallest absolute Gasteiger partial charge is 0.273 e. The molecule has 0 radical (unpaired) electrons. The number of rotatable bonds is 4. The Morgan fingerprint density at radius 3 is 2.03 bits per heavy atom. The molecule has 1 aliphatic heterocycles. The highest BCUT2D eigenvalue weighted by Gasteiger charge is 2.36. The number of hydrogen-bond acceptors (Lipinski definition) is 4. The quantitative estimate of drug-likeness (QED) is 0.455. The molecule has 30 heavy (non-hydrogen) atoms. The fraction of sp³-hybridized carbons (Fsp3) is 0. The molecule has 7 heteroatoms. The van der Waals surface area contributed by atoms with Crippen LogP contribution in [0, 0.1) is 0 Å². The van der Waals surface area contributed by atoms with Gasteiger partial charge in [0.05, 0.1) is 5.69 Å². The summed E-state index contributed by atoms with van der Waals surface area (Å²) in [5.74, 6) is -1.37. The Hall–Kier alpha value is -3.35. The molecule has 0 aliphatic carbocycles. The van der Waals surface area contributed by atoms with Gasteiger partial charge in [0.15, 0.2) is 0 Å². The van der Waals surface area contributed by atoms with E-state index in [1.165, 1.54) is 6.08 Å². The van der Waals surface area contributed by atoms with Crippen LogP contribution in [0.5, 0.6) is 0 Å². The van der Waals surface area contributed by atoms with Crippen molar-refractivity contribution in [3.8, 4) is 0 Å². The Balaban J connectivity index is 1.57.